The first-order chi connectivity index (χ1) is 9.78. The number of rotatable bonds is 6. The number of ether oxygens (including phenoxy) is 1. The predicted octanol–water partition coefficient (Wildman–Crippen LogP) is 2.36. The molecule has 1 aliphatic rings. The Morgan fingerprint density at radius 2 is 2.10 bits per heavy atom. The van der Waals surface area contributed by atoms with E-state index in [1.807, 2.05) is 24.3 Å². The number of benzene rings is 1. The zero-order valence-corrected chi connectivity index (χ0v) is 11.9. The summed E-state index contributed by atoms with van der Waals surface area (Å²) < 4.78 is 5.59. The lowest BCUT2D eigenvalue weighted by molar-refractivity contribution is -0.122. The van der Waals surface area contributed by atoms with Gasteiger partial charge in [0.2, 0.25) is 5.91 Å². The van der Waals surface area contributed by atoms with E-state index in [1.165, 1.54) is 19.3 Å². The number of nitrogens with two attached hydrogens (primary N) is 1. The van der Waals surface area contributed by atoms with Crippen LogP contribution in [0.4, 0.5) is 0 Å². The fourth-order valence-electron chi connectivity index (χ4n) is 2.57. The van der Waals surface area contributed by atoms with Gasteiger partial charge in [0.1, 0.15) is 5.75 Å². The molecule has 1 amide bonds. The van der Waals surface area contributed by atoms with E-state index in [9.17, 15) is 4.79 Å². The highest BCUT2D eigenvalue weighted by Gasteiger charge is 2.15. The summed E-state index contributed by atoms with van der Waals surface area (Å²) in [4.78, 5) is 11.8. The topological polar surface area (TPSA) is 64.3 Å². The van der Waals surface area contributed by atoms with Gasteiger partial charge in [-0.25, -0.2) is 0 Å². The Labute approximate surface area is 120 Å². The molecule has 0 bridgehead atoms. The van der Waals surface area contributed by atoms with Crippen molar-refractivity contribution in [2.45, 2.75) is 51.1 Å². The van der Waals surface area contributed by atoms with Crippen molar-refractivity contribution < 1.29 is 9.53 Å². The minimum absolute atomic E-state index is 0.0897. The highest BCUT2D eigenvalue weighted by molar-refractivity contribution is 5.76. The molecular weight excluding hydrogens is 252 g/mol. The smallest absolute Gasteiger partial charge is 0.223 e. The molecule has 1 aromatic carbocycles. The van der Waals surface area contributed by atoms with Crippen LogP contribution in [-0.4, -0.2) is 18.6 Å². The van der Waals surface area contributed by atoms with Crippen LogP contribution in [0, 0.1) is 0 Å². The molecule has 0 unspecified atom stereocenters. The van der Waals surface area contributed by atoms with Gasteiger partial charge in [-0.1, -0.05) is 31.4 Å². The molecule has 0 radical (unpaired) electrons. The Hall–Kier alpha value is -1.55. The lowest BCUT2D eigenvalue weighted by Crippen LogP contribution is -2.36. The van der Waals surface area contributed by atoms with Gasteiger partial charge in [0.25, 0.3) is 0 Å². The van der Waals surface area contributed by atoms with E-state index in [2.05, 4.69) is 5.32 Å². The summed E-state index contributed by atoms with van der Waals surface area (Å²) in [6.45, 7) is 0.909. The van der Waals surface area contributed by atoms with E-state index in [1.54, 1.807) is 0 Å². The van der Waals surface area contributed by atoms with Crippen molar-refractivity contribution in [1.29, 1.82) is 0 Å². The van der Waals surface area contributed by atoms with Crippen LogP contribution < -0.4 is 15.8 Å². The van der Waals surface area contributed by atoms with Crippen molar-refractivity contribution in [3.63, 3.8) is 0 Å². The van der Waals surface area contributed by atoms with Crippen molar-refractivity contribution in [3.8, 4) is 5.75 Å². The van der Waals surface area contributed by atoms with Gasteiger partial charge >= 0.3 is 0 Å². The van der Waals surface area contributed by atoms with E-state index in [4.69, 9.17) is 10.5 Å². The summed E-state index contributed by atoms with van der Waals surface area (Å²) in [5.41, 5.74) is 6.62. The molecule has 1 aliphatic carbocycles. The van der Waals surface area contributed by atoms with Crippen LogP contribution in [0.1, 0.15) is 44.1 Å². The van der Waals surface area contributed by atoms with Crippen LogP contribution in [0.3, 0.4) is 0 Å². The average molecular weight is 276 g/mol. The fraction of sp³-hybridized carbons (Fsp3) is 0.562. The Kier molecular flexibility index (Phi) is 5.87. The quantitative estimate of drug-likeness (QED) is 0.838. The summed E-state index contributed by atoms with van der Waals surface area (Å²) in [5.74, 6) is 0.866. The zero-order chi connectivity index (χ0) is 14.2. The van der Waals surface area contributed by atoms with Crippen LogP contribution in [0.25, 0.3) is 0 Å². The van der Waals surface area contributed by atoms with Crippen LogP contribution in [0.2, 0.25) is 0 Å². The van der Waals surface area contributed by atoms with Crippen LogP contribution >= 0.6 is 0 Å². The van der Waals surface area contributed by atoms with Gasteiger partial charge in [0, 0.05) is 12.6 Å². The Bertz CT molecular complexity index is 428. The third kappa shape index (κ3) is 4.85. The molecule has 0 aromatic heterocycles. The second-order valence-electron chi connectivity index (χ2n) is 5.35. The van der Waals surface area contributed by atoms with Gasteiger partial charge in [0.05, 0.1) is 13.0 Å². The highest BCUT2D eigenvalue weighted by atomic mass is 16.5. The number of carbonyl (C=O) groups excluding carboxylic acids is 1. The molecule has 110 valence electrons. The molecule has 0 heterocycles. The minimum Gasteiger partial charge on any atom is -0.493 e. The molecule has 20 heavy (non-hydrogen) atoms. The van der Waals surface area contributed by atoms with E-state index in [0.717, 1.165) is 24.2 Å². The fourth-order valence-corrected chi connectivity index (χ4v) is 2.57. The third-order valence-electron chi connectivity index (χ3n) is 3.70. The van der Waals surface area contributed by atoms with Crippen molar-refractivity contribution in [3.05, 3.63) is 29.8 Å². The van der Waals surface area contributed by atoms with E-state index >= 15 is 0 Å². The molecule has 0 spiro atoms. The van der Waals surface area contributed by atoms with Gasteiger partial charge < -0.3 is 15.8 Å². The molecule has 0 atom stereocenters. The summed E-state index contributed by atoms with van der Waals surface area (Å²) in [7, 11) is 0. The molecule has 3 N–H and O–H groups in total. The van der Waals surface area contributed by atoms with Crippen LogP contribution in [0.15, 0.2) is 24.3 Å². The standard InChI is InChI=1S/C16H24N2O2/c17-12-13-5-4-8-15(11-13)20-10-9-16(19)18-14-6-2-1-3-7-14/h4-5,8,11,14H,1-3,6-7,9-10,12,17H2,(H,18,19). The maximum absolute atomic E-state index is 11.8. The first-order valence-electron chi connectivity index (χ1n) is 7.49. The Balaban J connectivity index is 1.67. The molecule has 0 aliphatic heterocycles. The summed E-state index contributed by atoms with van der Waals surface area (Å²) in [5, 5.41) is 3.09. The van der Waals surface area contributed by atoms with Crippen molar-refractivity contribution >= 4 is 5.91 Å². The van der Waals surface area contributed by atoms with E-state index < -0.39 is 0 Å². The third-order valence-corrected chi connectivity index (χ3v) is 3.70. The molecule has 4 nitrogen and oxygen atoms in total. The summed E-state index contributed by atoms with van der Waals surface area (Å²) in [6, 6.07) is 8.05. The second-order valence-corrected chi connectivity index (χ2v) is 5.35. The molecule has 1 aromatic rings. The minimum atomic E-state index is 0.0897. The van der Waals surface area contributed by atoms with Crippen molar-refractivity contribution in [1.82, 2.24) is 5.32 Å². The van der Waals surface area contributed by atoms with E-state index in [-0.39, 0.29) is 5.91 Å². The molecule has 1 fully saturated rings. The number of carbonyl (C=O) groups is 1. The van der Waals surface area contributed by atoms with Gasteiger partial charge in [-0.15, -0.1) is 0 Å². The number of amides is 1. The van der Waals surface area contributed by atoms with E-state index in [0.29, 0.717) is 25.6 Å². The lowest BCUT2D eigenvalue weighted by Gasteiger charge is -2.22. The zero-order valence-electron chi connectivity index (χ0n) is 11.9. The largest absolute Gasteiger partial charge is 0.493 e. The number of nitrogens with one attached hydrogen (secondary N) is 1. The SMILES string of the molecule is NCc1cccc(OCCC(=O)NC2CCCCC2)c1. The van der Waals surface area contributed by atoms with Gasteiger partial charge in [-0.3, -0.25) is 4.79 Å². The lowest BCUT2D eigenvalue weighted by atomic mass is 9.95. The van der Waals surface area contributed by atoms with Crippen LogP contribution in [0.5, 0.6) is 5.75 Å². The number of hydrogen-bond donors (Lipinski definition) is 2. The predicted molar refractivity (Wildman–Crippen MR) is 79.5 cm³/mol. The van der Waals surface area contributed by atoms with Gasteiger partial charge in [-0.05, 0) is 30.5 Å². The van der Waals surface area contributed by atoms with Gasteiger partial charge in [0.15, 0.2) is 0 Å². The number of hydrogen-bond acceptors (Lipinski definition) is 3. The maximum atomic E-state index is 11.8. The van der Waals surface area contributed by atoms with Crippen molar-refractivity contribution in [2.24, 2.45) is 5.73 Å². The molecule has 0 saturated heterocycles. The Morgan fingerprint density at radius 3 is 2.85 bits per heavy atom. The van der Waals surface area contributed by atoms with Gasteiger partial charge in [-0.2, -0.15) is 0 Å². The second kappa shape index (κ2) is 7.90. The van der Waals surface area contributed by atoms with Crippen LogP contribution in [-0.2, 0) is 11.3 Å². The normalized spacial score (nSPS) is 15.8. The Morgan fingerprint density at radius 1 is 1.30 bits per heavy atom. The molecule has 2 rings (SSSR count). The molecule has 4 heteroatoms. The van der Waals surface area contributed by atoms with Crippen molar-refractivity contribution in [2.75, 3.05) is 6.61 Å². The molecular formula is C16H24N2O2. The highest BCUT2D eigenvalue weighted by Crippen LogP contribution is 2.17. The maximum Gasteiger partial charge on any atom is 0.223 e. The summed E-state index contributed by atoms with van der Waals surface area (Å²) >= 11 is 0. The average Bonchev–Trinajstić information content (AvgIpc) is 2.48. The molecule has 1 saturated carbocycles. The monoisotopic (exact) mass is 276 g/mol. The first kappa shape index (κ1) is 14.9. The first-order valence-corrected chi connectivity index (χ1v) is 7.49. The summed E-state index contributed by atoms with van der Waals surface area (Å²) in [6.07, 6.45) is 6.40.